The van der Waals surface area contributed by atoms with Crippen LogP contribution < -0.4 is 0 Å². The average molecular weight is 422 g/mol. The van der Waals surface area contributed by atoms with Gasteiger partial charge in [-0.15, -0.1) is 0 Å². The Balaban J connectivity index is 1.65. The molecule has 2 aromatic heterocycles. The summed E-state index contributed by atoms with van der Waals surface area (Å²) in [5, 5.41) is 5.31. The molecule has 0 saturated carbocycles. The first-order valence-corrected chi connectivity index (χ1v) is 10.3. The summed E-state index contributed by atoms with van der Waals surface area (Å²) < 4.78 is 1.85. The quantitative estimate of drug-likeness (QED) is 0.348. The normalized spacial score (nSPS) is 13.5. The van der Waals surface area contributed by atoms with Crippen LogP contribution >= 0.6 is 11.6 Å². The van der Waals surface area contributed by atoms with Crippen molar-refractivity contribution in [2.45, 2.75) is 6.92 Å². The van der Waals surface area contributed by atoms with Crippen LogP contribution in [0.3, 0.4) is 0 Å². The second-order valence-corrected chi connectivity index (χ2v) is 7.79. The maximum atomic E-state index is 6.39. The SMILES string of the molecule is Cc1nn(-c2ccccc2)c2nc3c(nc12)C(=Nc1ccccc1Cl)c1ccccc1-3. The van der Waals surface area contributed by atoms with E-state index in [-0.39, 0.29) is 0 Å². The minimum absolute atomic E-state index is 0.600. The Morgan fingerprint density at radius 2 is 1.48 bits per heavy atom. The number of fused-ring (bicyclic) bond motifs is 4. The number of aryl methyl sites for hydroxylation is 1. The van der Waals surface area contributed by atoms with Crippen molar-refractivity contribution in [3.63, 3.8) is 0 Å². The van der Waals surface area contributed by atoms with Gasteiger partial charge in [0, 0.05) is 11.1 Å². The summed E-state index contributed by atoms with van der Waals surface area (Å²) in [6.07, 6.45) is 0. The van der Waals surface area contributed by atoms with Crippen molar-refractivity contribution in [3.8, 4) is 16.9 Å². The zero-order valence-corrected chi connectivity index (χ0v) is 17.4. The molecular weight excluding hydrogens is 406 g/mol. The van der Waals surface area contributed by atoms with Gasteiger partial charge in [0.25, 0.3) is 0 Å². The number of halogens is 1. The minimum atomic E-state index is 0.600. The van der Waals surface area contributed by atoms with Gasteiger partial charge in [0.2, 0.25) is 0 Å². The lowest BCUT2D eigenvalue weighted by Crippen LogP contribution is -2.03. The zero-order chi connectivity index (χ0) is 20.9. The molecule has 1 aliphatic carbocycles. The summed E-state index contributed by atoms with van der Waals surface area (Å²) in [4.78, 5) is 14.9. The molecule has 3 aromatic carbocycles. The van der Waals surface area contributed by atoms with E-state index in [1.165, 1.54) is 0 Å². The highest BCUT2D eigenvalue weighted by molar-refractivity contribution is 6.33. The predicted octanol–water partition coefficient (Wildman–Crippen LogP) is 5.93. The van der Waals surface area contributed by atoms with E-state index in [1.807, 2.05) is 78.3 Å². The molecule has 0 aliphatic heterocycles. The van der Waals surface area contributed by atoms with Gasteiger partial charge in [-0.3, -0.25) is 0 Å². The lowest BCUT2D eigenvalue weighted by Gasteiger charge is -2.05. The van der Waals surface area contributed by atoms with Gasteiger partial charge >= 0.3 is 0 Å². The molecule has 5 aromatic rings. The van der Waals surface area contributed by atoms with Crippen molar-refractivity contribution in [2.75, 3.05) is 0 Å². The van der Waals surface area contributed by atoms with Gasteiger partial charge in [0.1, 0.15) is 16.9 Å². The van der Waals surface area contributed by atoms with Crippen molar-refractivity contribution in [1.82, 2.24) is 19.7 Å². The standard InChI is InChI=1S/C25H16ClN5/c1-15-21-25(31(30-15)16-9-3-2-4-10-16)29-23-18-12-6-5-11-17(18)22(24(23)28-21)27-20-14-8-7-13-19(20)26/h2-14H,1H3. The number of nitrogens with zero attached hydrogens (tertiary/aromatic N) is 5. The van der Waals surface area contributed by atoms with Crippen molar-refractivity contribution < 1.29 is 0 Å². The van der Waals surface area contributed by atoms with Crippen molar-refractivity contribution in [2.24, 2.45) is 4.99 Å². The molecule has 6 rings (SSSR count). The van der Waals surface area contributed by atoms with Gasteiger partial charge in [-0.05, 0) is 31.2 Å². The summed E-state index contributed by atoms with van der Waals surface area (Å²) in [5.74, 6) is 0. The summed E-state index contributed by atoms with van der Waals surface area (Å²) in [6, 6.07) is 25.7. The average Bonchev–Trinajstić information content (AvgIpc) is 3.29. The lowest BCUT2D eigenvalue weighted by molar-refractivity contribution is 0.878. The van der Waals surface area contributed by atoms with E-state index in [9.17, 15) is 0 Å². The third kappa shape index (κ3) is 2.78. The highest BCUT2D eigenvalue weighted by Crippen LogP contribution is 2.38. The van der Waals surface area contributed by atoms with Crippen LogP contribution in [0, 0.1) is 6.92 Å². The summed E-state index contributed by atoms with van der Waals surface area (Å²) in [5.41, 5.74) is 8.33. The third-order valence-corrected chi connectivity index (χ3v) is 5.74. The molecule has 148 valence electrons. The maximum absolute atomic E-state index is 6.39. The predicted molar refractivity (Wildman–Crippen MR) is 124 cm³/mol. The lowest BCUT2D eigenvalue weighted by atomic mass is 10.1. The fourth-order valence-corrected chi connectivity index (χ4v) is 4.14. The van der Waals surface area contributed by atoms with Crippen molar-refractivity contribution in [1.29, 1.82) is 0 Å². The third-order valence-electron chi connectivity index (χ3n) is 5.42. The fourth-order valence-electron chi connectivity index (χ4n) is 3.96. The topological polar surface area (TPSA) is 56.0 Å². The minimum Gasteiger partial charge on any atom is -0.244 e. The van der Waals surface area contributed by atoms with E-state index >= 15 is 0 Å². The van der Waals surface area contributed by atoms with E-state index in [0.29, 0.717) is 10.7 Å². The first-order valence-electron chi connectivity index (χ1n) is 9.97. The molecule has 0 unspecified atom stereocenters. The molecule has 5 nitrogen and oxygen atoms in total. The molecule has 0 fully saturated rings. The Hall–Kier alpha value is -3.83. The Morgan fingerprint density at radius 3 is 2.29 bits per heavy atom. The van der Waals surface area contributed by atoms with Crippen LogP contribution in [-0.2, 0) is 0 Å². The molecule has 0 radical (unpaired) electrons. The molecule has 0 bridgehead atoms. The molecule has 0 N–H and O–H groups in total. The molecule has 0 amide bonds. The number of aromatic nitrogens is 4. The van der Waals surface area contributed by atoms with Crippen LogP contribution in [0.5, 0.6) is 0 Å². The number of hydrogen-bond donors (Lipinski definition) is 0. The van der Waals surface area contributed by atoms with Gasteiger partial charge in [0.15, 0.2) is 5.65 Å². The van der Waals surface area contributed by atoms with Crippen LogP contribution in [0.4, 0.5) is 5.69 Å². The largest absolute Gasteiger partial charge is 0.244 e. The second kappa shape index (κ2) is 6.86. The molecule has 1 aliphatic rings. The number of rotatable bonds is 2. The monoisotopic (exact) mass is 421 g/mol. The zero-order valence-electron chi connectivity index (χ0n) is 16.6. The van der Waals surface area contributed by atoms with Gasteiger partial charge in [-0.2, -0.15) is 5.10 Å². The number of hydrogen-bond acceptors (Lipinski definition) is 4. The summed E-state index contributed by atoms with van der Waals surface area (Å²) in [6.45, 7) is 1.95. The Bertz CT molecular complexity index is 1500. The molecule has 6 heteroatoms. The molecule has 31 heavy (non-hydrogen) atoms. The van der Waals surface area contributed by atoms with E-state index < -0.39 is 0 Å². The fraction of sp³-hybridized carbons (Fsp3) is 0.0400. The van der Waals surface area contributed by atoms with Gasteiger partial charge in [0.05, 0.1) is 27.8 Å². The van der Waals surface area contributed by atoms with E-state index in [4.69, 9.17) is 31.7 Å². The Morgan fingerprint density at radius 1 is 0.774 bits per heavy atom. The first kappa shape index (κ1) is 18.0. The highest BCUT2D eigenvalue weighted by Gasteiger charge is 2.30. The van der Waals surface area contributed by atoms with E-state index in [0.717, 1.165) is 50.8 Å². The summed E-state index contributed by atoms with van der Waals surface area (Å²) in [7, 11) is 0. The van der Waals surface area contributed by atoms with Crippen molar-refractivity contribution >= 4 is 34.2 Å². The number of benzene rings is 3. The van der Waals surface area contributed by atoms with E-state index in [1.54, 1.807) is 0 Å². The number of aliphatic imine (C=N–C) groups is 1. The van der Waals surface area contributed by atoms with Gasteiger partial charge in [-0.25, -0.2) is 19.6 Å². The van der Waals surface area contributed by atoms with Crippen molar-refractivity contribution in [3.05, 3.63) is 101 Å². The molecule has 2 heterocycles. The molecular formula is C25H16ClN5. The van der Waals surface area contributed by atoms with E-state index in [2.05, 4.69) is 12.1 Å². The first-order chi connectivity index (χ1) is 15.2. The van der Waals surface area contributed by atoms with Gasteiger partial charge < -0.3 is 0 Å². The number of para-hydroxylation sites is 2. The molecule has 0 saturated heterocycles. The molecule has 0 spiro atoms. The van der Waals surface area contributed by atoms with Crippen LogP contribution in [0.2, 0.25) is 5.02 Å². The van der Waals surface area contributed by atoms with Crippen LogP contribution in [0.1, 0.15) is 17.0 Å². The maximum Gasteiger partial charge on any atom is 0.182 e. The van der Waals surface area contributed by atoms with Gasteiger partial charge in [-0.1, -0.05) is 66.2 Å². The van der Waals surface area contributed by atoms with Crippen LogP contribution in [0.25, 0.3) is 28.1 Å². The smallest absolute Gasteiger partial charge is 0.182 e. The highest BCUT2D eigenvalue weighted by atomic mass is 35.5. The Labute approximate surface area is 183 Å². The summed E-state index contributed by atoms with van der Waals surface area (Å²) >= 11 is 6.39. The molecule has 0 atom stereocenters. The Kier molecular flexibility index (Phi) is 3.98. The van der Waals surface area contributed by atoms with Crippen LogP contribution in [-0.4, -0.2) is 25.5 Å². The van der Waals surface area contributed by atoms with Crippen LogP contribution in [0.15, 0.2) is 83.9 Å². The second-order valence-electron chi connectivity index (χ2n) is 7.38.